The Labute approximate surface area is 100 Å². The summed E-state index contributed by atoms with van der Waals surface area (Å²) in [5.74, 6) is 1.61. The van der Waals surface area contributed by atoms with Crippen molar-refractivity contribution in [1.29, 1.82) is 0 Å². The summed E-state index contributed by atoms with van der Waals surface area (Å²) in [6.07, 6.45) is 2.28. The number of hydrogen-bond acceptors (Lipinski definition) is 4. The third-order valence-electron chi connectivity index (χ3n) is 2.90. The van der Waals surface area contributed by atoms with Crippen molar-refractivity contribution in [3.05, 3.63) is 11.7 Å². The maximum Gasteiger partial charge on any atom is 0.317 e. The van der Waals surface area contributed by atoms with Gasteiger partial charge in [0.15, 0.2) is 5.82 Å². The van der Waals surface area contributed by atoms with Gasteiger partial charge in [-0.1, -0.05) is 12.1 Å². The van der Waals surface area contributed by atoms with E-state index in [4.69, 9.17) is 4.52 Å². The van der Waals surface area contributed by atoms with Crippen molar-refractivity contribution < 1.29 is 9.32 Å². The van der Waals surface area contributed by atoms with E-state index in [2.05, 4.69) is 22.4 Å². The van der Waals surface area contributed by atoms with Gasteiger partial charge in [-0.05, 0) is 25.7 Å². The van der Waals surface area contributed by atoms with Gasteiger partial charge in [0.25, 0.3) is 0 Å². The third kappa shape index (κ3) is 3.18. The van der Waals surface area contributed by atoms with E-state index in [-0.39, 0.29) is 6.03 Å². The van der Waals surface area contributed by atoms with Crippen LogP contribution in [0.15, 0.2) is 4.52 Å². The maximum atomic E-state index is 11.8. The van der Waals surface area contributed by atoms with Crippen molar-refractivity contribution in [1.82, 2.24) is 20.4 Å². The van der Waals surface area contributed by atoms with E-state index >= 15 is 0 Å². The van der Waals surface area contributed by atoms with Crippen LogP contribution in [0.2, 0.25) is 0 Å². The van der Waals surface area contributed by atoms with E-state index in [1.165, 1.54) is 6.42 Å². The first-order valence-corrected chi connectivity index (χ1v) is 5.97. The molecule has 1 aromatic rings. The number of amides is 2. The summed E-state index contributed by atoms with van der Waals surface area (Å²) >= 11 is 0. The number of aryl methyl sites for hydroxylation is 1. The van der Waals surface area contributed by atoms with Crippen molar-refractivity contribution in [2.45, 2.75) is 33.2 Å². The van der Waals surface area contributed by atoms with Gasteiger partial charge in [-0.2, -0.15) is 4.98 Å². The highest BCUT2D eigenvalue weighted by atomic mass is 16.5. The van der Waals surface area contributed by atoms with Gasteiger partial charge in [0.2, 0.25) is 5.89 Å². The lowest BCUT2D eigenvalue weighted by Crippen LogP contribution is -2.44. The molecule has 2 amide bonds. The molecule has 94 valence electrons. The predicted octanol–water partition coefficient (Wildman–Crippen LogP) is 1.32. The van der Waals surface area contributed by atoms with Gasteiger partial charge in [0, 0.05) is 13.1 Å². The van der Waals surface area contributed by atoms with Crippen LogP contribution >= 0.6 is 0 Å². The van der Waals surface area contributed by atoms with Crippen LogP contribution in [-0.4, -0.2) is 34.2 Å². The lowest BCUT2D eigenvalue weighted by atomic mass is 10.0. The Morgan fingerprint density at radius 3 is 3.12 bits per heavy atom. The fourth-order valence-corrected chi connectivity index (χ4v) is 2.05. The molecule has 1 atom stereocenters. The molecule has 1 fully saturated rings. The summed E-state index contributed by atoms with van der Waals surface area (Å²) in [6.45, 7) is 5.88. The molecule has 1 aromatic heterocycles. The van der Waals surface area contributed by atoms with Crippen molar-refractivity contribution in [2.75, 3.05) is 13.1 Å². The van der Waals surface area contributed by atoms with Crippen LogP contribution in [0.4, 0.5) is 4.79 Å². The molecular weight excluding hydrogens is 220 g/mol. The fourth-order valence-electron chi connectivity index (χ4n) is 2.05. The third-order valence-corrected chi connectivity index (χ3v) is 2.90. The number of nitrogens with one attached hydrogen (secondary N) is 1. The second kappa shape index (κ2) is 5.16. The number of rotatable bonds is 2. The molecule has 2 heterocycles. The van der Waals surface area contributed by atoms with Crippen LogP contribution < -0.4 is 5.32 Å². The molecule has 0 bridgehead atoms. The topological polar surface area (TPSA) is 71.3 Å². The molecule has 17 heavy (non-hydrogen) atoms. The number of likely N-dealkylation sites (tertiary alicyclic amines) is 1. The smallest absolute Gasteiger partial charge is 0.317 e. The van der Waals surface area contributed by atoms with E-state index in [1.54, 1.807) is 6.92 Å². The molecule has 0 radical (unpaired) electrons. The molecule has 0 aromatic carbocycles. The van der Waals surface area contributed by atoms with Gasteiger partial charge in [0.05, 0.1) is 6.54 Å². The zero-order chi connectivity index (χ0) is 12.3. The second-order valence-corrected chi connectivity index (χ2v) is 4.59. The quantitative estimate of drug-likeness (QED) is 0.843. The van der Waals surface area contributed by atoms with Crippen LogP contribution in [0, 0.1) is 12.8 Å². The largest absolute Gasteiger partial charge is 0.337 e. The number of aromatic nitrogens is 2. The summed E-state index contributed by atoms with van der Waals surface area (Å²) in [5.41, 5.74) is 0. The standard InChI is InChI=1S/C11H18N4O2/c1-8-4-3-5-15(7-8)11(16)12-6-10-13-9(2)14-17-10/h8H,3-7H2,1-2H3,(H,12,16). The molecule has 1 aliphatic heterocycles. The number of urea groups is 1. The van der Waals surface area contributed by atoms with Crippen LogP contribution in [0.5, 0.6) is 0 Å². The Morgan fingerprint density at radius 1 is 1.65 bits per heavy atom. The summed E-state index contributed by atoms with van der Waals surface area (Å²) in [5, 5.41) is 6.46. The summed E-state index contributed by atoms with van der Waals surface area (Å²) < 4.78 is 4.93. The minimum atomic E-state index is -0.0487. The molecule has 0 spiro atoms. The van der Waals surface area contributed by atoms with E-state index in [9.17, 15) is 4.79 Å². The van der Waals surface area contributed by atoms with Gasteiger partial charge in [-0.15, -0.1) is 0 Å². The Hall–Kier alpha value is -1.59. The van der Waals surface area contributed by atoms with Crippen molar-refractivity contribution in [2.24, 2.45) is 5.92 Å². The van der Waals surface area contributed by atoms with Gasteiger partial charge in [-0.3, -0.25) is 0 Å². The summed E-state index contributed by atoms with van der Waals surface area (Å²) in [4.78, 5) is 17.7. The number of piperidine rings is 1. The number of carbonyl (C=O) groups is 1. The van der Waals surface area contributed by atoms with Gasteiger partial charge >= 0.3 is 6.03 Å². The van der Waals surface area contributed by atoms with E-state index in [1.807, 2.05) is 4.90 Å². The molecule has 6 heteroatoms. The number of carbonyl (C=O) groups excluding carboxylic acids is 1. The normalized spacial score (nSPS) is 20.4. The molecule has 0 saturated carbocycles. The molecule has 2 rings (SSSR count). The first-order valence-electron chi connectivity index (χ1n) is 5.97. The first kappa shape index (κ1) is 11.9. The molecule has 1 aliphatic rings. The lowest BCUT2D eigenvalue weighted by molar-refractivity contribution is 0.168. The Balaban J connectivity index is 1.80. The van der Waals surface area contributed by atoms with E-state index < -0.39 is 0 Å². The van der Waals surface area contributed by atoms with Crippen molar-refractivity contribution in [3.8, 4) is 0 Å². The Bertz CT molecular complexity index is 391. The highest BCUT2D eigenvalue weighted by Gasteiger charge is 2.20. The van der Waals surface area contributed by atoms with E-state index in [0.717, 1.165) is 19.5 Å². The second-order valence-electron chi connectivity index (χ2n) is 4.59. The highest BCUT2D eigenvalue weighted by Crippen LogP contribution is 2.15. The van der Waals surface area contributed by atoms with Crippen LogP contribution in [-0.2, 0) is 6.54 Å². The van der Waals surface area contributed by atoms with Gasteiger partial charge in [0.1, 0.15) is 0 Å². The molecule has 1 N–H and O–H groups in total. The number of nitrogens with zero attached hydrogens (tertiary/aromatic N) is 3. The van der Waals surface area contributed by atoms with Gasteiger partial charge in [-0.25, -0.2) is 4.79 Å². The van der Waals surface area contributed by atoms with Crippen LogP contribution in [0.25, 0.3) is 0 Å². The number of hydrogen-bond donors (Lipinski definition) is 1. The average molecular weight is 238 g/mol. The Morgan fingerprint density at radius 2 is 2.47 bits per heavy atom. The predicted molar refractivity (Wildman–Crippen MR) is 61.2 cm³/mol. The van der Waals surface area contributed by atoms with Crippen molar-refractivity contribution >= 4 is 6.03 Å². The highest BCUT2D eigenvalue weighted by molar-refractivity contribution is 5.74. The SMILES string of the molecule is Cc1noc(CNC(=O)N2CCCC(C)C2)n1. The zero-order valence-electron chi connectivity index (χ0n) is 10.3. The zero-order valence-corrected chi connectivity index (χ0v) is 10.3. The molecule has 1 saturated heterocycles. The monoisotopic (exact) mass is 238 g/mol. The Kier molecular flexibility index (Phi) is 3.61. The summed E-state index contributed by atoms with van der Waals surface area (Å²) in [6, 6.07) is -0.0487. The van der Waals surface area contributed by atoms with Crippen LogP contribution in [0.1, 0.15) is 31.5 Å². The fraction of sp³-hybridized carbons (Fsp3) is 0.727. The molecular formula is C11H18N4O2. The first-order chi connectivity index (χ1) is 8.15. The summed E-state index contributed by atoms with van der Waals surface area (Å²) in [7, 11) is 0. The lowest BCUT2D eigenvalue weighted by Gasteiger charge is -2.30. The van der Waals surface area contributed by atoms with Crippen LogP contribution in [0.3, 0.4) is 0 Å². The molecule has 1 unspecified atom stereocenters. The molecule has 0 aliphatic carbocycles. The maximum absolute atomic E-state index is 11.8. The van der Waals surface area contributed by atoms with E-state index in [0.29, 0.717) is 24.2 Å². The van der Waals surface area contributed by atoms with Crippen molar-refractivity contribution in [3.63, 3.8) is 0 Å². The minimum absolute atomic E-state index is 0.0487. The average Bonchev–Trinajstić information content (AvgIpc) is 2.72. The van der Waals surface area contributed by atoms with Gasteiger partial charge < -0.3 is 14.7 Å². The molecule has 6 nitrogen and oxygen atoms in total. The minimum Gasteiger partial charge on any atom is -0.337 e.